The molecule has 0 amide bonds. The zero-order valence-corrected chi connectivity index (χ0v) is 15.9. The number of non-ortho nitro benzene ring substituents is 1. The van der Waals surface area contributed by atoms with E-state index in [2.05, 4.69) is 5.32 Å². The second-order valence-corrected chi connectivity index (χ2v) is 8.12. The number of nitro benzene ring substituents is 1. The molecule has 1 heterocycles. The molecule has 2 rings (SSSR count). The number of nitrogens with one attached hydrogen (secondary N) is 1. The number of rotatable bonds is 5. The molecule has 1 aliphatic heterocycles. The van der Waals surface area contributed by atoms with Gasteiger partial charge in [0, 0.05) is 44.9 Å². The van der Waals surface area contributed by atoms with Crippen molar-refractivity contribution in [3.05, 3.63) is 33.9 Å². The molecular formula is C15H22N4O4S2. The van der Waals surface area contributed by atoms with E-state index in [1.165, 1.54) is 16.4 Å². The molecule has 138 valence electrons. The van der Waals surface area contributed by atoms with Crippen molar-refractivity contribution in [2.24, 2.45) is 0 Å². The number of sulfonamides is 1. The highest BCUT2D eigenvalue weighted by atomic mass is 32.2. The van der Waals surface area contributed by atoms with Gasteiger partial charge in [-0.25, -0.2) is 8.42 Å². The minimum atomic E-state index is -3.78. The maximum Gasteiger partial charge on any atom is 0.270 e. The molecule has 0 radical (unpaired) electrons. The van der Waals surface area contributed by atoms with Crippen LogP contribution in [0.1, 0.15) is 18.9 Å². The Hall–Kier alpha value is -1.78. The van der Waals surface area contributed by atoms with Crippen LogP contribution in [0.25, 0.3) is 0 Å². The third-order valence-electron chi connectivity index (χ3n) is 4.05. The molecule has 25 heavy (non-hydrogen) atoms. The van der Waals surface area contributed by atoms with Gasteiger partial charge in [0.25, 0.3) is 5.69 Å². The van der Waals surface area contributed by atoms with Gasteiger partial charge in [0.15, 0.2) is 5.11 Å². The van der Waals surface area contributed by atoms with E-state index in [4.69, 9.17) is 12.2 Å². The number of piperazine rings is 1. The fourth-order valence-electron chi connectivity index (χ4n) is 2.59. The molecule has 0 bridgehead atoms. The van der Waals surface area contributed by atoms with Crippen molar-refractivity contribution in [3.8, 4) is 0 Å². The number of nitrogens with zero attached hydrogens (tertiary/aromatic N) is 3. The van der Waals surface area contributed by atoms with Gasteiger partial charge >= 0.3 is 0 Å². The molecule has 0 unspecified atom stereocenters. The normalized spacial score (nSPS) is 15.8. The summed E-state index contributed by atoms with van der Waals surface area (Å²) in [5.41, 5.74) is 0.265. The summed E-state index contributed by atoms with van der Waals surface area (Å²) >= 11 is 5.30. The SMILES string of the molecule is CCCNC(=S)N1CCN(S(=O)(=O)c2cc([N+](=O)[O-])ccc2C)CC1. The Kier molecular flexibility index (Phi) is 6.31. The first kappa shape index (κ1) is 19.5. The molecule has 8 nitrogen and oxygen atoms in total. The predicted molar refractivity (Wildman–Crippen MR) is 99.1 cm³/mol. The Bertz CT molecular complexity index is 759. The van der Waals surface area contributed by atoms with Gasteiger partial charge in [-0.3, -0.25) is 10.1 Å². The fraction of sp³-hybridized carbons (Fsp3) is 0.533. The number of hydrogen-bond donors (Lipinski definition) is 1. The van der Waals surface area contributed by atoms with Crippen LogP contribution in [0.15, 0.2) is 23.1 Å². The van der Waals surface area contributed by atoms with E-state index < -0.39 is 14.9 Å². The van der Waals surface area contributed by atoms with Gasteiger partial charge in [-0.05, 0) is 31.1 Å². The van der Waals surface area contributed by atoms with Crippen molar-refractivity contribution in [3.63, 3.8) is 0 Å². The Morgan fingerprint density at radius 2 is 1.96 bits per heavy atom. The van der Waals surface area contributed by atoms with Crippen LogP contribution < -0.4 is 5.32 Å². The van der Waals surface area contributed by atoms with E-state index >= 15 is 0 Å². The Balaban J connectivity index is 2.13. The van der Waals surface area contributed by atoms with Crippen molar-refractivity contribution >= 4 is 33.0 Å². The van der Waals surface area contributed by atoms with Crippen LogP contribution >= 0.6 is 12.2 Å². The Morgan fingerprint density at radius 3 is 2.52 bits per heavy atom. The Morgan fingerprint density at radius 1 is 1.32 bits per heavy atom. The first-order chi connectivity index (χ1) is 11.8. The summed E-state index contributed by atoms with van der Waals surface area (Å²) in [4.78, 5) is 12.3. The first-order valence-corrected chi connectivity index (χ1v) is 9.90. The maximum atomic E-state index is 12.9. The molecule has 1 aromatic rings. The molecular weight excluding hydrogens is 364 g/mol. The summed E-state index contributed by atoms with van der Waals surface area (Å²) in [6.07, 6.45) is 0.959. The Labute approximate surface area is 153 Å². The highest BCUT2D eigenvalue weighted by Gasteiger charge is 2.31. The van der Waals surface area contributed by atoms with Crippen LogP contribution in [0.3, 0.4) is 0 Å². The fourth-order valence-corrected chi connectivity index (χ4v) is 4.55. The number of hydrogen-bond acceptors (Lipinski definition) is 5. The molecule has 1 saturated heterocycles. The van der Waals surface area contributed by atoms with E-state index in [0.717, 1.165) is 19.0 Å². The lowest BCUT2D eigenvalue weighted by Gasteiger charge is -2.35. The average Bonchev–Trinajstić information content (AvgIpc) is 2.59. The lowest BCUT2D eigenvalue weighted by Crippen LogP contribution is -2.53. The molecule has 1 N–H and O–H groups in total. The van der Waals surface area contributed by atoms with Gasteiger partial charge in [-0.1, -0.05) is 13.0 Å². The minimum absolute atomic E-state index is 0.0122. The lowest BCUT2D eigenvalue weighted by molar-refractivity contribution is -0.385. The van der Waals surface area contributed by atoms with Gasteiger partial charge in [-0.15, -0.1) is 0 Å². The number of nitro groups is 1. The lowest BCUT2D eigenvalue weighted by atomic mass is 10.2. The molecule has 1 aromatic carbocycles. The number of benzene rings is 1. The number of thiocarbonyl (C=S) groups is 1. The van der Waals surface area contributed by atoms with Gasteiger partial charge in [0.05, 0.1) is 9.82 Å². The van der Waals surface area contributed by atoms with Crippen LogP contribution in [0.5, 0.6) is 0 Å². The first-order valence-electron chi connectivity index (χ1n) is 8.05. The van der Waals surface area contributed by atoms with Crippen molar-refractivity contribution in [1.82, 2.24) is 14.5 Å². The third-order valence-corrected chi connectivity index (χ3v) is 6.50. The van der Waals surface area contributed by atoms with Crippen LogP contribution in [0, 0.1) is 17.0 Å². The second-order valence-electron chi connectivity index (χ2n) is 5.83. The molecule has 0 atom stereocenters. The van der Waals surface area contributed by atoms with Crippen LogP contribution in [-0.2, 0) is 10.0 Å². The van der Waals surface area contributed by atoms with Crippen LogP contribution in [0.2, 0.25) is 0 Å². The van der Waals surface area contributed by atoms with E-state index in [1.807, 2.05) is 11.8 Å². The largest absolute Gasteiger partial charge is 0.363 e. The standard InChI is InChI=1S/C15H22N4O4S2/c1-3-6-16-15(24)17-7-9-18(10-8-17)25(22,23)14-11-13(19(20)21)5-4-12(14)2/h4-5,11H,3,6-10H2,1-2H3,(H,16,24). The predicted octanol–water partition coefficient (Wildman–Crippen LogP) is 1.49. The van der Waals surface area contributed by atoms with Crippen molar-refractivity contribution in [1.29, 1.82) is 0 Å². The van der Waals surface area contributed by atoms with E-state index in [-0.39, 0.29) is 10.6 Å². The van der Waals surface area contributed by atoms with E-state index in [9.17, 15) is 18.5 Å². The van der Waals surface area contributed by atoms with Crippen LogP contribution in [0.4, 0.5) is 5.69 Å². The highest BCUT2D eigenvalue weighted by Crippen LogP contribution is 2.25. The zero-order valence-electron chi connectivity index (χ0n) is 14.3. The zero-order chi connectivity index (χ0) is 18.6. The molecule has 0 aromatic heterocycles. The summed E-state index contributed by atoms with van der Waals surface area (Å²) in [6.45, 7) is 6.02. The smallest absolute Gasteiger partial charge is 0.270 e. The molecule has 10 heteroatoms. The monoisotopic (exact) mass is 386 g/mol. The minimum Gasteiger partial charge on any atom is -0.363 e. The topological polar surface area (TPSA) is 95.8 Å². The highest BCUT2D eigenvalue weighted by molar-refractivity contribution is 7.89. The summed E-state index contributed by atoms with van der Waals surface area (Å²) in [5.74, 6) is 0. The van der Waals surface area contributed by atoms with Gasteiger partial charge < -0.3 is 10.2 Å². The van der Waals surface area contributed by atoms with Crippen molar-refractivity contribution < 1.29 is 13.3 Å². The second kappa shape index (κ2) is 8.07. The summed E-state index contributed by atoms with van der Waals surface area (Å²) in [5, 5.41) is 14.7. The quantitative estimate of drug-likeness (QED) is 0.465. The third kappa shape index (κ3) is 4.44. The van der Waals surface area contributed by atoms with Crippen molar-refractivity contribution in [2.45, 2.75) is 25.2 Å². The van der Waals surface area contributed by atoms with E-state index in [0.29, 0.717) is 36.9 Å². The summed E-state index contributed by atoms with van der Waals surface area (Å²) in [7, 11) is -3.78. The van der Waals surface area contributed by atoms with Crippen molar-refractivity contribution in [2.75, 3.05) is 32.7 Å². The van der Waals surface area contributed by atoms with E-state index in [1.54, 1.807) is 6.92 Å². The van der Waals surface area contributed by atoms with Gasteiger partial charge in [0.1, 0.15) is 0 Å². The summed E-state index contributed by atoms with van der Waals surface area (Å²) < 4.78 is 27.1. The number of aryl methyl sites for hydroxylation is 1. The average molecular weight is 386 g/mol. The molecule has 1 aliphatic rings. The van der Waals surface area contributed by atoms with Gasteiger partial charge in [0.2, 0.25) is 10.0 Å². The molecule has 1 fully saturated rings. The van der Waals surface area contributed by atoms with Crippen LogP contribution in [-0.4, -0.2) is 60.4 Å². The molecule has 0 saturated carbocycles. The molecule has 0 spiro atoms. The van der Waals surface area contributed by atoms with Gasteiger partial charge in [-0.2, -0.15) is 4.31 Å². The maximum absolute atomic E-state index is 12.9. The summed E-state index contributed by atoms with van der Waals surface area (Å²) in [6, 6.07) is 3.90. The molecule has 0 aliphatic carbocycles.